The van der Waals surface area contributed by atoms with Crippen LogP contribution in [0.2, 0.25) is 0 Å². The van der Waals surface area contributed by atoms with Crippen molar-refractivity contribution in [2.45, 2.75) is 25.4 Å². The minimum absolute atomic E-state index is 0.0193. The van der Waals surface area contributed by atoms with E-state index in [4.69, 9.17) is 5.11 Å². The van der Waals surface area contributed by atoms with Crippen LogP contribution in [0.15, 0.2) is 23.0 Å². The van der Waals surface area contributed by atoms with Crippen molar-refractivity contribution in [2.24, 2.45) is 0 Å². The van der Waals surface area contributed by atoms with Gasteiger partial charge >= 0.3 is 11.7 Å². The number of carbonyl (C=O) groups excluding carboxylic acids is 1. The molecule has 0 saturated carbocycles. The van der Waals surface area contributed by atoms with Crippen molar-refractivity contribution in [2.75, 3.05) is 0 Å². The van der Waals surface area contributed by atoms with E-state index in [-0.39, 0.29) is 23.2 Å². The molecule has 1 atom stereocenters. The number of rotatable bonds is 3. The van der Waals surface area contributed by atoms with Gasteiger partial charge in [0, 0.05) is 19.0 Å². The van der Waals surface area contributed by atoms with Gasteiger partial charge in [0.15, 0.2) is 0 Å². The zero-order valence-electron chi connectivity index (χ0n) is 10.5. The summed E-state index contributed by atoms with van der Waals surface area (Å²) in [6, 6.07) is 4.65. The lowest BCUT2D eigenvalue weighted by atomic mass is 10.2. The summed E-state index contributed by atoms with van der Waals surface area (Å²) in [5, 5.41) is 11.9. The number of para-hydroxylation sites is 1. The highest BCUT2D eigenvalue weighted by Crippen LogP contribution is 2.17. The molecule has 0 aliphatic carbocycles. The van der Waals surface area contributed by atoms with Gasteiger partial charge < -0.3 is 15.4 Å². The maximum absolute atomic E-state index is 12.0. The summed E-state index contributed by atoms with van der Waals surface area (Å²) in [5.74, 6) is -1.10. The maximum atomic E-state index is 12.0. The SMILES string of the molecule is O=C1CCC(Cn2c(=O)[nH]c3c(C(=O)O)cccc32)N1. The highest BCUT2D eigenvalue weighted by molar-refractivity contribution is 6.00. The number of hydrogen-bond acceptors (Lipinski definition) is 3. The molecule has 1 aromatic heterocycles. The normalized spacial score (nSPS) is 18.4. The molecule has 0 bridgehead atoms. The van der Waals surface area contributed by atoms with Crippen LogP contribution in [0.1, 0.15) is 23.2 Å². The van der Waals surface area contributed by atoms with Gasteiger partial charge in [0.25, 0.3) is 0 Å². The fourth-order valence-corrected chi connectivity index (χ4v) is 2.57. The molecular formula is C13H13N3O4. The van der Waals surface area contributed by atoms with Crippen molar-refractivity contribution in [1.82, 2.24) is 14.9 Å². The third-order valence-corrected chi connectivity index (χ3v) is 3.53. The first-order chi connectivity index (χ1) is 9.56. The molecule has 3 rings (SSSR count). The standard InChI is InChI=1S/C13H13N3O4/c17-10-5-4-7(14-10)6-16-9-3-1-2-8(12(18)19)11(9)15-13(16)20/h1-3,7H,4-6H2,(H,14,17)(H,15,20)(H,18,19). The molecule has 2 aromatic rings. The molecule has 1 aliphatic heterocycles. The molecular weight excluding hydrogens is 262 g/mol. The second-order valence-electron chi connectivity index (χ2n) is 4.85. The first kappa shape index (κ1) is 12.5. The highest BCUT2D eigenvalue weighted by Gasteiger charge is 2.23. The molecule has 3 N–H and O–H groups in total. The summed E-state index contributed by atoms with van der Waals surface area (Å²) in [4.78, 5) is 36.9. The fraction of sp³-hybridized carbons (Fsp3) is 0.308. The number of nitrogens with zero attached hydrogens (tertiary/aromatic N) is 1. The lowest BCUT2D eigenvalue weighted by molar-refractivity contribution is -0.119. The fourth-order valence-electron chi connectivity index (χ4n) is 2.57. The second-order valence-corrected chi connectivity index (χ2v) is 4.85. The molecule has 0 spiro atoms. The number of carboxylic acid groups (broad SMARTS) is 1. The number of benzene rings is 1. The Labute approximate surface area is 113 Å². The Morgan fingerprint density at radius 3 is 2.85 bits per heavy atom. The van der Waals surface area contributed by atoms with E-state index in [0.29, 0.717) is 30.4 Å². The van der Waals surface area contributed by atoms with Crippen LogP contribution in [0.25, 0.3) is 11.0 Å². The number of H-pyrrole nitrogens is 1. The molecule has 1 saturated heterocycles. The van der Waals surface area contributed by atoms with Crippen molar-refractivity contribution >= 4 is 22.9 Å². The molecule has 20 heavy (non-hydrogen) atoms. The largest absolute Gasteiger partial charge is 0.478 e. The predicted molar refractivity (Wildman–Crippen MR) is 70.7 cm³/mol. The molecule has 1 amide bonds. The van der Waals surface area contributed by atoms with Crippen LogP contribution in [0.4, 0.5) is 0 Å². The summed E-state index contributed by atoms with van der Waals surface area (Å²) in [6.45, 7) is 0.341. The Balaban J connectivity index is 2.05. The van der Waals surface area contributed by atoms with Crippen LogP contribution in [0.5, 0.6) is 0 Å². The Hall–Kier alpha value is -2.57. The smallest absolute Gasteiger partial charge is 0.337 e. The Morgan fingerprint density at radius 2 is 2.20 bits per heavy atom. The van der Waals surface area contributed by atoms with Gasteiger partial charge in [-0.2, -0.15) is 0 Å². The van der Waals surface area contributed by atoms with Crippen LogP contribution in [-0.2, 0) is 11.3 Å². The van der Waals surface area contributed by atoms with E-state index in [2.05, 4.69) is 10.3 Å². The third-order valence-electron chi connectivity index (χ3n) is 3.53. The molecule has 1 unspecified atom stereocenters. The second kappa shape index (κ2) is 4.52. The molecule has 1 aliphatic rings. The van der Waals surface area contributed by atoms with E-state index in [1.54, 1.807) is 12.1 Å². The number of imidazole rings is 1. The number of aromatic carboxylic acids is 1. The number of carbonyl (C=O) groups is 2. The molecule has 7 heteroatoms. The highest BCUT2D eigenvalue weighted by atomic mass is 16.4. The van der Waals surface area contributed by atoms with Gasteiger partial charge in [-0.05, 0) is 18.6 Å². The zero-order valence-corrected chi connectivity index (χ0v) is 10.5. The lowest BCUT2D eigenvalue weighted by Gasteiger charge is -2.10. The average Bonchev–Trinajstić information content (AvgIpc) is 2.94. The number of aromatic amines is 1. The summed E-state index contributed by atoms with van der Waals surface area (Å²) < 4.78 is 1.47. The van der Waals surface area contributed by atoms with Gasteiger partial charge in [-0.25, -0.2) is 9.59 Å². The van der Waals surface area contributed by atoms with Crippen LogP contribution in [0, 0.1) is 0 Å². The van der Waals surface area contributed by atoms with Crippen molar-refractivity contribution in [3.8, 4) is 0 Å². The lowest BCUT2D eigenvalue weighted by Crippen LogP contribution is -2.32. The van der Waals surface area contributed by atoms with Crippen LogP contribution in [-0.4, -0.2) is 32.6 Å². The summed E-state index contributed by atoms with van der Waals surface area (Å²) >= 11 is 0. The quantitative estimate of drug-likeness (QED) is 0.749. The third kappa shape index (κ3) is 1.97. The van der Waals surface area contributed by atoms with Gasteiger partial charge in [0.1, 0.15) is 0 Å². The average molecular weight is 275 g/mol. The molecule has 1 fully saturated rings. The van der Waals surface area contributed by atoms with E-state index in [0.717, 1.165) is 0 Å². The molecule has 2 heterocycles. The van der Waals surface area contributed by atoms with Crippen LogP contribution >= 0.6 is 0 Å². The van der Waals surface area contributed by atoms with Crippen molar-refractivity contribution < 1.29 is 14.7 Å². The van der Waals surface area contributed by atoms with E-state index in [1.807, 2.05) is 0 Å². The number of aromatic nitrogens is 2. The summed E-state index contributed by atoms with van der Waals surface area (Å²) in [7, 11) is 0. The van der Waals surface area contributed by atoms with E-state index in [9.17, 15) is 14.4 Å². The Bertz CT molecular complexity index is 759. The number of carboxylic acids is 1. The maximum Gasteiger partial charge on any atom is 0.337 e. The van der Waals surface area contributed by atoms with Gasteiger partial charge in [-0.1, -0.05) is 6.07 Å². The Morgan fingerprint density at radius 1 is 1.40 bits per heavy atom. The monoisotopic (exact) mass is 275 g/mol. The topological polar surface area (TPSA) is 104 Å². The molecule has 7 nitrogen and oxygen atoms in total. The van der Waals surface area contributed by atoms with Gasteiger partial charge in [0.2, 0.25) is 5.91 Å². The molecule has 1 aromatic carbocycles. The number of fused-ring (bicyclic) bond motifs is 1. The van der Waals surface area contributed by atoms with Crippen LogP contribution in [0.3, 0.4) is 0 Å². The van der Waals surface area contributed by atoms with Crippen LogP contribution < -0.4 is 11.0 Å². The number of amides is 1. The van der Waals surface area contributed by atoms with E-state index in [1.165, 1.54) is 10.6 Å². The molecule has 0 radical (unpaired) electrons. The summed E-state index contributed by atoms with van der Waals surface area (Å²) in [5.41, 5.74) is 0.550. The minimum Gasteiger partial charge on any atom is -0.478 e. The van der Waals surface area contributed by atoms with Gasteiger partial charge in [-0.3, -0.25) is 9.36 Å². The Kier molecular flexibility index (Phi) is 2.81. The van der Waals surface area contributed by atoms with E-state index >= 15 is 0 Å². The van der Waals surface area contributed by atoms with Crippen molar-refractivity contribution in [3.05, 3.63) is 34.2 Å². The molecule has 104 valence electrons. The zero-order chi connectivity index (χ0) is 14.3. The number of hydrogen-bond donors (Lipinski definition) is 3. The van der Waals surface area contributed by atoms with Crippen molar-refractivity contribution in [3.63, 3.8) is 0 Å². The van der Waals surface area contributed by atoms with E-state index < -0.39 is 5.97 Å². The van der Waals surface area contributed by atoms with Gasteiger partial charge in [-0.15, -0.1) is 0 Å². The summed E-state index contributed by atoms with van der Waals surface area (Å²) in [6.07, 6.45) is 1.14. The minimum atomic E-state index is -1.09. The van der Waals surface area contributed by atoms with Crippen molar-refractivity contribution in [1.29, 1.82) is 0 Å². The number of nitrogens with one attached hydrogen (secondary N) is 2. The van der Waals surface area contributed by atoms with Gasteiger partial charge in [0.05, 0.1) is 16.6 Å². The first-order valence-corrected chi connectivity index (χ1v) is 6.30. The predicted octanol–water partition coefficient (Wildman–Crippen LogP) is 0.306. The first-order valence-electron chi connectivity index (χ1n) is 6.30.